The molecule has 1 N–H and O–H groups in total. The van der Waals surface area contributed by atoms with E-state index in [9.17, 15) is 4.79 Å². The normalized spacial score (nSPS) is 19.7. The van der Waals surface area contributed by atoms with Crippen LogP contribution in [0.4, 0.5) is 0 Å². The number of nitrogens with zero attached hydrogens (tertiary/aromatic N) is 2. The van der Waals surface area contributed by atoms with Crippen LogP contribution < -0.4 is 0 Å². The summed E-state index contributed by atoms with van der Waals surface area (Å²) in [6.45, 7) is 7.26. The van der Waals surface area contributed by atoms with Gasteiger partial charge in [-0.25, -0.2) is 9.78 Å². The third-order valence-electron chi connectivity index (χ3n) is 3.23. The second-order valence-electron chi connectivity index (χ2n) is 5.14. The molecular formula is C13H18N2O3. The van der Waals surface area contributed by atoms with E-state index in [-0.39, 0.29) is 11.2 Å². The molecule has 5 heteroatoms. The smallest absolute Gasteiger partial charge is 0.354 e. The lowest BCUT2D eigenvalue weighted by Crippen LogP contribution is -2.52. The van der Waals surface area contributed by atoms with E-state index < -0.39 is 5.97 Å². The minimum atomic E-state index is -0.988. The zero-order chi connectivity index (χ0) is 13.2. The molecular weight excluding hydrogens is 232 g/mol. The van der Waals surface area contributed by atoms with E-state index in [2.05, 4.69) is 23.7 Å². The molecule has 18 heavy (non-hydrogen) atoms. The summed E-state index contributed by atoms with van der Waals surface area (Å²) in [7, 11) is 0. The lowest BCUT2D eigenvalue weighted by molar-refractivity contribution is -0.0552. The van der Waals surface area contributed by atoms with Crippen LogP contribution in [0.2, 0.25) is 0 Å². The number of aromatic carboxylic acids is 1. The Kier molecular flexibility index (Phi) is 3.63. The number of hydrogen-bond donors (Lipinski definition) is 1. The molecule has 2 rings (SSSR count). The highest BCUT2D eigenvalue weighted by Crippen LogP contribution is 2.21. The van der Waals surface area contributed by atoms with E-state index in [4.69, 9.17) is 9.84 Å². The molecule has 0 aromatic carbocycles. The minimum Gasteiger partial charge on any atom is -0.477 e. The first kappa shape index (κ1) is 13.0. The number of hydrogen-bond acceptors (Lipinski definition) is 4. The quantitative estimate of drug-likeness (QED) is 0.878. The Balaban J connectivity index is 2.13. The van der Waals surface area contributed by atoms with Gasteiger partial charge in [-0.1, -0.05) is 0 Å². The average Bonchev–Trinajstić information content (AvgIpc) is 2.32. The first-order chi connectivity index (χ1) is 8.49. The van der Waals surface area contributed by atoms with Gasteiger partial charge in [-0.15, -0.1) is 0 Å². The molecule has 1 aliphatic heterocycles. The zero-order valence-corrected chi connectivity index (χ0v) is 10.7. The summed E-state index contributed by atoms with van der Waals surface area (Å²) in [5, 5.41) is 8.92. The van der Waals surface area contributed by atoms with Crippen molar-refractivity contribution >= 4 is 5.97 Å². The summed E-state index contributed by atoms with van der Waals surface area (Å²) < 4.78 is 5.47. The average molecular weight is 250 g/mol. The summed E-state index contributed by atoms with van der Waals surface area (Å²) in [6, 6.07) is 3.49. The maximum Gasteiger partial charge on any atom is 0.354 e. The molecule has 2 heterocycles. The SMILES string of the molecule is CC1(C)COCCN1Cc1ccnc(C(=O)O)c1. The number of aromatic nitrogens is 1. The summed E-state index contributed by atoms with van der Waals surface area (Å²) in [4.78, 5) is 17.0. The third kappa shape index (κ3) is 2.86. The van der Waals surface area contributed by atoms with Crippen LogP contribution >= 0.6 is 0 Å². The van der Waals surface area contributed by atoms with Crippen molar-refractivity contribution in [2.24, 2.45) is 0 Å². The van der Waals surface area contributed by atoms with Crippen LogP contribution in [0.1, 0.15) is 29.9 Å². The molecule has 1 aromatic heterocycles. The van der Waals surface area contributed by atoms with Crippen molar-refractivity contribution in [3.8, 4) is 0 Å². The zero-order valence-electron chi connectivity index (χ0n) is 10.7. The van der Waals surface area contributed by atoms with Gasteiger partial charge in [0.25, 0.3) is 0 Å². The highest BCUT2D eigenvalue weighted by molar-refractivity contribution is 5.85. The molecule has 1 aliphatic rings. The van der Waals surface area contributed by atoms with E-state index in [1.807, 2.05) is 6.07 Å². The first-order valence-electron chi connectivity index (χ1n) is 6.00. The molecule has 5 nitrogen and oxygen atoms in total. The Hall–Kier alpha value is -1.46. The molecule has 0 bridgehead atoms. The lowest BCUT2D eigenvalue weighted by Gasteiger charge is -2.42. The van der Waals surface area contributed by atoms with Crippen molar-refractivity contribution in [3.63, 3.8) is 0 Å². The molecule has 0 spiro atoms. The maximum absolute atomic E-state index is 10.9. The van der Waals surface area contributed by atoms with E-state index in [1.54, 1.807) is 12.3 Å². The van der Waals surface area contributed by atoms with Gasteiger partial charge in [-0.05, 0) is 31.5 Å². The number of carbonyl (C=O) groups is 1. The third-order valence-corrected chi connectivity index (χ3v) is 3.23. The highest BCUT2D eigenvalue weighted by atomic mass is 16.5. The Morgan fingerprint density at radius 1 is 1.61 bits per heavy atom. The van der Waals surface area contributed by atoms with Gasteiger partial charge in [0, 0.05) is 24.8 Å². The fraction of sp³-hybridized carbons (Fsp3) is 0.538. The van der Waals surface area contributed by atoms with Crippen molar-refractivity contribution in [1.29, 1.82) is 0 Å². The molecule has 1 saturated heterocycles. The molecule has 98 valence electrons. The molecule has 1 aromatic rings. The monoisotopic (exact) mass is 250 g/mol. The van der Waals surface area contributed by atoms with Crippen molar-refractivity contribution in [1.82, 2.24) is 9.88 Å². The summed E-state index contributed by atoms with van der Waals surface area (Å²) >= 11 is 0. The molecule has 0 atom stereocenters. The van der Waals surface area contributed by atoms with Crippen molar-refractivity contribution in [2.45, 2.75) is 25.9 Å². The summed E-state index contributed by atoms with van der Waals surface area (Å²) in [5.41, 5.74) is 1.04. The molecule has 0 radical (unpaired) electrons. The number of carboxylic acids is 1. The largest absolute Gasteiger partial charge is 0.477 e. The van der Waals surface area contributed by atoms with Crippen molar-refractivity contribution in [2.75, 3.05) is 19.8 Å². The first-order valence-corrected chi connectivity index (χ1v) is 6.00. The van der Waals surface area contributed by atoms with Crippen LogP contribution in [0, 0.1) is 0 Å². The Morgan fingerprint density at radius 2 is 2.39 bits per heavy atom. The maximum atomic E-state index is 10.9. The van der Waals surface area contributed by atoms with E-state index in [0.29, 0.717) is 6.61 Å². The van der Waals surface area contributed by atoms with Crippen LogP contribution in [0.5, 0.6) is 0 Å². The number of carboxylic acid groups (broad SMARTS) is 1. The highest BCUT2D eigenvalue weighted by Gasteiger charge is 2.30. The lowest BCUT2D eigenvalue weighted by atomic mass is 10.0. The van der Waals surface area contributed by atoms with Gasteiger partial charge in [0.15, 0.2) is 0 Å². The number of ether oxygens (including phenoxy) is 1. The fourth-order valence-corrected chi connectivity index (χ4v) is 2.09. The van der Waals surface area contributed by atoms with E-state index in [0.717, 1.165) is 25.3 Å². The summed E-state index contributed by atoms with van der Waals surface area (Å²) in [5.74, 6) is -0.988. The van der Waals surface area contributed by atoms with Gasteiger partial charge in [-0.3, -0.25) is 4.90 Å². The van der Waals surface area contributed by atoms with Gasteiger partial charge < -0.3 is 9.84 Å². The molecule has 1 fully saturated rings. The number of rotatable bonds is 3. The van der Waals surface area contributed by atoms with Crippen molar-refractivity contribution < 1.29 is 14.6 Å². The minimum absolute atomic E-state index is 0.0229. The van der Waals surface area contributed by atoms with Gasteiger partial charge in [0.1, 0.15) is 5.69 Å². The van der Waals surface area contributed by atoms with Gasteiger partial charge in [0.2, 0.25) is 0 Å². The predicted molar refractivity (Wildman–Crippen MR) is 66.5 cm³/mol. The standard InChI is InChI=1S/C13H18N2O3/c1-13(2)9-18-6-5-15(13)8-10-3-4-14-11(7-10)12(16)17/h3-4,7H,5-6,8-9H2,1-2H3,(H,16,17). The van der Waals surface area contributed by atoms with Gasteiger partial charge in [-0.2, -0.15) is 0 Å². The topological polar surface area (TPSA) is 62.7 Å². The molecule has 0 unspecified atom stereocenters. The van der Waals surface area contributed by atoms with Gasteiger partial charge in [0.05, 0.1) is 13.2 Å². The fourth-order valence-electron chi connectivity index (χ4n) is 2.09. The van der Waals surface area contributed by atoms with Crippen LogP contribution in [0.15, 0.2) is 18.3 Å². The summed E-state index contributed by atoms with van der Waals surface area (Å²) in [6.07, 6.45) is 1.55. The van der Waals surface area contributed by atoms with Crippen LogP contribution in [0.3, 0.4) is 0 Å². The second-order valence-corrected chi connectivity index (χ2v) is 5.14. The van der Waals surface area contributed by atoms with Gasteiger partial charge >= 0.3 is 5.97 Å². The van der Waals surface area contributed by atoms with Crippen LogP contribution in [-0.2, 0) is 11.3 Å². The Morgan fingerprint density at radius 3 is 3.06 bits per heavy atom. The number of pyridine rings is 1. The predicted octanol–water partition coefficient (Wildman–Crippen LogP) is 1.39. The second kappa shape index (κ2) is 5.04. The van der Waals surface area contributed by atoms with Crippen LogP contribution in [0.25, 0.3) is 0 Å². The number of morpholine rings is 1. The molecule has 0 saturated carbocycles. The van der Waals surface area contributed by atoms with E-state index >= 15 is 0 Å². The molecule has 0 amide bonds. The van der Waals surface area contributed by atoms with Crippen LogP contribution in [-0.4, -0.2) is 46.3 Å². The molecule has 0 aliphatic carbocycles. The van der Waals surface area contributed by atoms with Crippen molar-refractivity contribution in [3.05, 3.63) is 29.6 Å². The Labute approximate surface area is 106 Å². The van der Waals surface area contributed by atoms with E-state index in [1.165, 1.54) is 0 Å². The Bertz CT molecular complexity index is 446.